The van der Waals surface area contributed by atoms with Gasteiger partial charge in [-0.05, 0) is 12.1 Å². The Balaban J connectivity index is 1.83. The van der Waals surface area contributed by atoms with E-state index in [0.717, 1.165) is 23.6 Å². The second-order valence-corrected chi connectivity index (χ2v) is 7.32. The molecule has 1 aliphatic rings. The van der Waals surface area contributed by atoms with Gasteiger partial charge in [-0.2, -0.15) is 13.2 Å². The molecular formula is C20H25F3N4O3. The van der Waals surface area contributed by atoms with E-state index in [1.54, 1.807) is 4.90 Å². The average molecular weight is 426 g/mol. The number of rotatable bonds is 6. The number of anilines is 1. The summed E-state index contributed by atoms with van der Waals surface area (Å²) >= 11 is 0. The Morgan fingerprint density at radius 3 is 2.33 bits per heavy atom. The topological polar surface area (TPSA) is 70.8 Å². The van der Waals surface area contributed by atoms with Gasteiger partial charge in [0.15, 0.2) is 5.82 Å². The molecule has 0 bridgehead atoms. The van der Waals surface area contributed by atoms with Gasteiger partial charge in [0.1, 0.15) is 5.92 Å². The predicted octanol–water partition coefficient (Wildman–Crippen LogP) is 1.78. The first-order chi connectivity index (χ1) is 14.2. The molecule has 2 atom stereocenters. The lowest BCUT2D eigenvalue weighted by atomic mass is 9.84. The van der Waals surface area contributed by atoms with E-state index in [1.807, 2.05) is 30.3 Å². The van der Waals surface area contributed by atoms with Crippen molar-refractivity contribution in [1.82, 2.24) is 14.5 Å². The van der Waals surface area contributed by atoms with E-state index < -0.39 is 29.5 Å². The molecule has 2 heterocycles. The molecule has 0 amide bonds. The van der Waals surface area contributed by atoms with Crippen molar-refractivity contribution in [3.63, 3.8) is 0 Å². The zero-order valence-corrected chi connectivity index (χ0v) is 16.8. The number of methoxy groups -OCH3 is 1. The molecule has 0 unspecified atom stereocenters. The van der Waals surface area contributed by atoms with Crippen molar-refractivity contribution in [3.05, 3.63) is 48.5 Å². The molecule has 7 nitrogen and oxygen atoms in total. The van der Waals surface area contributed by atoms with Crippen molar-refractivity contribution in [2.24, 2.45) is 13.0 Å². The maximum atomic E-state index is 14.1. The molecule has 1 saturated heterocycles. The molecule has 1 aromatic carbocycles. The monoisotopic (exact) mass is 426 g/mol. The van der Waals surface area contributed by atoms with Crippen molar-refractivity contribution >= 4 is 11.7 Å². The van der Waals surface area contributed by atoms with Crippen molar-refractivity contribution < 1.29 is 27.8 Å². The number of alkyl halides is 3. The van der Waals surface area contributed by atoms with Gasteiger partial charge < -0.3 is 19.3 Å². The molecule has 3 rings (SSSR count). The molecule has 1 fully saturated rings. The molecule has 164 valence electrons. The highest BCUT2D eigenvalue weighted by atomic mass is 19.4. The lowest BCUT2D eigenvalue weighted by molar-refractivity contribution is -0.291. The molecule has 30 heavy (non-hydrogen) atoms. The summed E-state index contributed by atoms with van der Waals surface area (Å²) < 4.78 is 48.0. The SMILES string of the molecule is COC(=O)[C@@H](CN1CCN(c2ccccc2)CC1)[C@](O)(c1nccn1C)C(F)(F)F. The van der Waals surface area contributed by atoms with Crippen LogP contribution in [0.25, 0.3) is 0 Å². The number of hydrogen-bond donors (Lipinski definition) is 1. The fourth-order valence-corrected chi connectivity index (χ4v) is 3.82. The molecule has 0 radical (unpaired) electrons. The molecule has 2 aromatic rings. The van der Waals surface area contributed by atoms with Crippen molar-refractivity contribution in [2.75, 3.05) is 44.7 Å². The normalized spacial score (nSPS) is 18.7. The predicted molar refractivity (Wildman–Crippen MR) is 104 cm³/mol. The number of aromatic nitrogens is 2. The molecular weight excluding hydrogens is 401 g/mol. The van der Waals surface area contributed by atoms with Crippen LogP contribution in [0.3, 0.4) is 0 Å². The number of halogens is 3. The van der Waals surface area contributed by atoms with Gasteiger partial charge in [-0.1, -0.05) is 18.2 Å². The largest absolute Gasteiger partial charge is 0.469 e. The highest BCUT2D eigenvalue weighted by Crippen LogP contribution is 2.44. The third-order valence-electron chi connectivity index (χ3n) is 5.52. The van der Waals surface area contributed by atoms with Crippen molar-refractivity contribution in [3.8, 4) is 0 Å². The number of aliphatic hydroxyl groups is 1. The molecule has 10 heteroatoms. The van der Waals surface area contributed by atoms with Gasteiger partial charge in [0.25, 0.3) is 0 Å². The Bertz CT molecular complexity index is 850. The van der Waals surface area contributed by atoms with Gasteiger partial charge in [0.2, 0.25) is 5.60 Å². The molecule has 0 aliphatic carbocycles. The van der Waals surface area contributed by atoms with Gasteiger partial charge in [-0.3, -0.25) is 9.69 Å². The minimum absolute atomic E-state index is 0.307. The van der Waals surface area contributed by atoms with Crippen LogP contribution in [0.5, 0.6) is 0 Å². The number of aryl methyl sites for hydroxylation is 1. The van der Waals surface area contributed by atoms with Crippen LogP contribution in [0.1, 0.15) is 5.82 Å². The van der Waals surface area contributed by atoms with E-state index in [4.69, 9.17) is 0 Å². The van der Waals surface area contributed by atoms with E-state index in [2.05, 4.69) is 14.6 Å². The fraction of sp³-hybridized carbons (Fsp3) is 0.500. The maximum absolute atomic E-state index is 14.1. The van der Waals surface area contributed by atoms with E-state index >= 15 is 0 Å². The standard InChI is InChI=1S/C20H25F3N4O3/c1-25-9-8-24-18(25)19(29,20(21,22)23)16(17(28)30-2)14-26-10-12-27(13-11-26)15-6-4-3-5-7-15/h3-9,16,29H,10-14H2,1-2H3/t16-,19+/m1/s1. The Kier molecular flexibility index (Phi) is 6.37. The fourth-order valence-electron chi connectivity index (χ4n) is 3.82. The van der Waals surface area contributed by atoms with Crippen LogP contribution < -0.4 is 4.90 Å². The lowest BCUT2D eigenvalue weighted by Gasteiger charge is -2.41. The number of esters is 1. The van der Waals surface area contributed by atoms with E-state index in [0.29, 0.717) is 26.2 Å². The smallest absolute Gasteiger partial charge is 0.425 e. The summed E-state index contributed by atoms with van der Waals surface area (Å²) in [5, 5.41) is 10.9. The molecule has 1 aliphatic heterocycles. The van der Waals surface area contributed by atoms with Crippen LogP contribution in [-0.2, 0) is 22.2 Å². The van der Waals surface area contributed by atoms with E-state index in [9.17, 15) is 23.1 Å². The van der Waals surface area contributed by atoms with Crippen molar-refractivity contribution in [1.29, 1.82) is 0 Å². The summed E-state index contributed by atoms with van der Waals surface area (Å²) in [4.78, 5) is 20.0. The Morgan fingerprint density at radius 1 is 1.20 bits per heavy atom. The van der Waals surface area contributed by atoms with E-state index in [-0.39, 0.29) is 6.54 Å². The quantitative estimate of drug-likeness (QED) is 0.711. The van der Waals surface area contributed by atoms with Gasteiger partial charge in [-0.15, -0.1) is 0 Å². The summed E-state index contributed by atoms with van der Waals surface area (Å²) in [5.74, 6) is -3.66. The Labute approximate surface area is 172 Å². The number of nitrogens with zero attached hydrogens (tertiary/aromatic N) is 4. The van der Waals surface area contributed by atoms with Crippen molar-refractivity contribution in [2.45, 2.75) is 11.8 Å². The zero-order valence-electron chi connectivity index (χ0n) is 16.8. The third kappa shape index (κ3) is 4.15. The summed E-state index contributed by atoms with van der Waals surface area (Å²) in [6.45, 7) is 1.75. The summed E-state index contributed by atoms with van der Waals surface area (Å²) in [7, 11) is 2.35. The van der Waals surface area contributed by atoms with Crippen LogP contribution >= 0.6 is 0 Å². The lowest BCUT2D eigenvalue weighted by Crippen LogP contribution is -2.58. The number of carbonyl (C=O) groups is 1. The molecule has 1 aromatic heterocycles. The second-order valence-electron chi connectivity index (χ2n) is 7.32. The van der Waals surface area contributed by atoms with Gasteiger partial charge in [0.05, 0.1) is 7.11 Å². The third-order valence-corrected chi connectivity index (χ3v) is 5.52. The van der Waals surface area contributed by atoms with Crippen LogP contribution in [0, 0.1) is 5.92 Å². The number of imidazole rings is 1. The van der Waals surface area contributed by atoms with Crippen LogP contribution in [0.2, 0.25) is 0 Å². The number of benzene rings is 1. The first kappa shape index (κ1) is 22.1. The number of ether oxygens (including phenoxy) is 1. The first-order valence-corrected chi connectivity index (χ1v) is 9.55. The van der Waals surface area contributed by atoms with Crippen LogP contribution in [0.15, 0.2) is 42.7 Å². The Morgan fingerprint density at radius 2 is 1.83 bits per heavy atom. The summed E-state index contributed by atoms with van der Waals surface area (Å²) in [5.41, 5.74) is -2.45. The maximum Gasteiger partial charge on any atom is 0.425 e. The van der Waals surface area contributed by atoms with Gasteiger partial charge in [-0.25, -0.2) is 4.98 Å². The highest BCUT2D eigenvalue weighted by Gasteiger charge is 2.65. The minimum atomic E-state index is -5.13. The zero-order chi connectivity index (χ0) is 21.9. The molecule has 0 saturated carbocycles. The van der Waals surface area contributed by atoms with Gasteiger partial charge >= 0.3 is 12.1 Å². The van der Waals surface area contributed by atoms with Gasteiger partial charge in [0, 0.05) is 57.9 Å². The minimum Gasteiger partial charge on any atom is -0.469 e. The Hall–Kier alpha value is -2.59. The average Bonchev–Trinajstić information content (AvgIpc) is 3.17. The highest BCUT2D eigenvalue weighted by molar-refractivity contribution is 5.74. The van der Waals surface area contributed by atoms with Crippen LogP contribution in [-0.4, -0.2) is 71.5 Å². The number of piperazine rings is 1. The van der Waals surface area contributed by atoms with E-state index in [1.165, 1.54) is 13.2 Å². The number of para-hydroxylation sites is 1. The molecule has 0 spiro atoms. The molecule has 1 N–H and O–H groups in total. The summed E-state index contributed by atoms with van der Waals surface area (Å²) in [6, 6.07) is 9.69. The number of hydrogen-bond acceptors (Lipinski definition) is 6. The second kappa shape index (κ2) is 8.65. The summed E-state index contributed by atoms with van der Waals surface area (Å²) in [6.07, 6.45) is -2.69. The number of carbonyl (C=O) groups excluding carboxylic acids is 1. The van der Waals surface area contributed by atoms with Crippen LogP contribution in [0.4, 0.5) is 18.9 Å². The first-order valence-electron chi connectivity index (χ1n) is 9.55.